The zero-order chi connectivity index (χ0) is 60.8. The smallest absolute Gasteiger partial charge is 0.234 e. The lowest BCUT2D eigenvalue weighted by Gasteiger charge is -2.25. The molecule has 0 fully saturated rings. The maximum Gasteiger partial charge on any atom is 0.234 e. The van der Waals surface area contributed by atoms with Gasteiger partial charge in [-0.3, -0.25) is 19.2 Å². The Morgan fingerprint density at radius 2 is 0.430 bits per heavy atom. The van der Waals surface area contributed by atoms with Crippen molar-refractivity contribution in [2.24, 2.45) is 0 Å². The predicted octanol–water partition coefficient (Wildman–Crippen LogP) is 20.9. The van der Waals surface area contributed by atoms with Crippen molar-refractivity contribution >= 4 is 32.9 Å². The first-order valence-corrected chi connectivity index (χ1v) is 35.6. The van der Waals surface area contributed by atoms with Gasteiger partial charge in [0.25, 0.3) is 0 Å². The normalized spacial score (nSPS) is 11.4. The van der Waals surface area contributed by atoms with E-state index in [0.29, 0.717) is 22.3 Å². The minimum atomic E-state index is -0.708. The van der Waals surface area contributed by atoms with E-state index in [4.69, 9.17) is 0 Å². The summed E-state index contributed by atoms with van der Waals surface area (Å²) in [5.41, 5.74) is 2.71. The third-order valence-electron chi connectivity index (χ3n) is 18.2. The Morgan fingerprint density at radius 1 is 0.244 bits per heavy atom. The van der Waals surface area contributed by atoms with Crippen LogP contribution in [-0.2, 0) is 0 Å². The van der Waals surface area contributed by atoms with E-state index >= 15 is 0 Å². The monoisotopic (exact) mass is 1160 g/mol. The van der Waals surface area contributed by atoms with Crippen molar-refractivity contribution in [1.29, 1.82) is 0 Å². The van der Waals surface area contributed by atoms with Gasteiger partial charge in [0.05, 0.1) is 0 Å². The number of unbranched alkanes of at least 4 members (excludes halogenated alkanes) is 36. The van der Waals surface area contributed by atoms with E-state index in [-0.39, 0.29) is 21.5 Å². The fraction of sp³-hybridized carbons (Fsp3) is 0.600. The van der Waals surface area contributed by atoms with Gasteiger partial charge in [0.15, 0.2) is 0 Å². The van der Waals surface area contributed by atoms with E-state index < -0.39 is 21.7 Å². The first-order valence-electron chi connectivity index (χ1n) is 35.6. The molecule has 0 radical (unpaired) electrons. The van der Waals surface area contributed by atoms with Crippen LogP contribution in [0.2, 0.25) is 0 Å². The molecular formula is C80H112N2O4. The van der Waals surface area contributed by atoms with Crippen LogP contribution in [0.15, 0.2) is 92.0 Å². The van der Waals surface area contributed by atoms with Crippen LogP contribution in [0.5, 0.6) is 0 Å². The SMILES string of the molecule is CCCCCCCCCCCCN(CCCCCCCCCCCC)c1ccc(C#Cc2cc3c4c(c2)c(=O)c(=O)c2cc(C#Cc5ccc(N(CCCCCCCCCCCC)CCCCCCCCCCCC)cc5)cc(c2-4)c(=O)c3=O)cc1. The number of hydrogen-bond donors (Lipinski definition) is 0. The molecule has 0 aliphatic heterocycles. The van der Waals surface area contributed by atoms with Gasteiger partial charge in [-0.15, -0.1) is 0 Å². The van der Waals surface area contributed by atoms with E-state index in [1.807, 2.05) is 24.3 Å². The van der Waals surface area contributed by atoms with Gasteiger partial charge in [-0.05, 0) is 98.5 Å². The summed E-state index contributed by atoms with van der Waals surface area (Å²) in [6.45, 7) is 13.3. The molecule has 0 N–H and O–H groups in total. The lowest BCUT2D eigenvalue weighted by Crippen LogP contribution is -2.31. The predicted molar refractivity (Wildman–Crippen MR) is 373 cm³/mol. The van der Waals surface area contributed by atoms with Gasteiger partial charge >= 0.3 is 0 Å². The minimum absolute atomic E-state index is 0.116. The molecule has 0 spiro atoms. The van der Waals surface area contributed by atoms with Crippen molar-refractivity contribution in [2.45, 2.75) is 285 Å². The molecule has 0 atom stereocenters. The number of hydrogen-bond acceptors (Lipinski definition) is 6. The average Bonchev–Trinajstić information content (AvgIpc) is 0.827. The Labute approximate surface area is 521 Å². The molecule has 4 aromatic rings. The number of rotatable bonds is 46. The Bertz CT molecular complexity index is 2770. The highest BCUT2D eigenvalue weighted by Crippen LogP contribution is 2.36. The summed E-state index contributed by atoms with van der Waals surface area (Å²) >= 11 is 0. The van der Waals surface area contributed by atoms with Crippen LogP contribution < -0.4 is 31.5 Å². The molecule has 0 heterocycles. The second-order valence-corrected chi connectivity index (χ2v) is 25.5. The Hall–Kier alpha value is -5.72. The van der Waals surface area contributed by atoms with Crippen LogP contribution in [0, 0.1) is 23.7 Å². The third-order valence-corrected chi connectivity index (χ3v) is 18.2. The molecule has 0 aromatic heterocycles. The van der Waals surface area contributed by atoms with Gasteiger partial charge in [0, 0.05) is 92.5 Å². The topological polar surface area (TPSA) is 74.8 Å². The molecule has 2 aliphatic carbocycles. The summed E-state index contributed by atoms with van der Waals surface area (Å²) in [5.74, 6) is 12.9. The van der Waals surface area contributed by atoms with Crippen LogP contribution in [0.3, 0.4) is 0 Å². The Kier molecular flexibility index (Phi) is 33.4. The second-order valence-electron chi connectivity index (χ2n) is 25.5. The lowest BCUT2D eigenvalue weighted by molar-refractivity contribution is 0.543. The van der Waals surface area contributed by atoms with E-state index in [1.165, 1.54) is 268 Å². The van der Waals surface area contributed by atoms with Crippen LogP contribution in [-0.4, -0.2) is 26.2 Å². The van der Waals surface area contributed by atoms with Crippen molar-refractivity contribution < 1.29 is 0 Å². The minimum Gasteiger partial charge on any atom is -0.372 e. The summed E-state index contributed by atoms with van der Waals surface area (Å²) in [6.07, 6.45) is 52.8. The van der Waals surface area contributed by atoms with Gasteiger partial charge in [-0.1, -0.05) is 283 Å². The highest BCUT2D eigenvalue weighted by Gasteiger charge is 2.26. The fourth-order valence-corrected chi connectivity index (χ4v) is 12.9. The molecule has 466 valence electrons. The number of benzene rings is 6. The van der Waals surface area contributed by atoms with Gasteiger partial charge in [-0.2, -0.15) is 0 Å². The van der Waals surface area contributed by atoms with E-state index in [1.54, 1.807) is 24.3 Å². The maximum atomic E-state index is 14.0. The molecule has 6 rings (SSSR count). The largest absolute Gasteiger partial charge is 0.372 e. The molecule has 86 heavy (non-hydrogen) atoms. The number of anilines is 2. The van der Waals surface area contributed by atoms with Gasteiger partial charge in [-0.25, -0.2) is 0 Å². The summed E-state index contributed by atoms with van der Waals surface area (Å²) in [7, 11) is 0. The Morgan fingerprint density at radius 3 is 0.640 bits per heavy atom. The quantitative estimate of drug-likeness (QED) is 0.0164. The van der Waals surface area contributed by atoms with Crippen LogP contribution >= 0.6 is 0 Å². The van der Waals surface area contributed by atoms with Gasteiger partial charge in [0.2, 0.25) is 21.7 Å². The zero-order valence-electron chi connectivity index (χ0n) is 54.6. The molecule has 0 unspecified atom stereocenters. The van der Waals surface area contributed by atoms with Crippen molar-refractivity contribution in [2.75, 3.05) is 36.0 Å². The van der Waals surface area contributed by atoms with E-state index in [9.17, 15) is 19.2 Å². The summed E-state index contributed by atoms with van der Waals surface area (Å²) in [5, 5.41) is 0.465. The molecule has 6 nitrogen and oxygen atoms in total. The second kappa shape index (κ2) is 41.4. The third kappa shape index (κ3) is 23.8. The molecule has 4 aromatic carbocycles. The van der Waals surface area contributed by atoms with Crippen molar-refractivity contribution in [3.05, 3.63) is 136 Å². The highest BCUT2D eigenvalue weighted by atomic mass is 16.2. The van der Waals surface area contributed by atoms with Gasteiger partial charge in [0.1, 0.15) is 0 Å². The molecule has 0 saturated carbocycles. The first-order chi connectivity index (χ1) is 42.3. The maximum absolute atomic E-state index is 14.0. The van der Waals surface area contributed by atoms with Crippen LogP contribution in [0.1, 0.15) is 307 Å². The summed E-state index contributed by atoms with van der Waals surface area (Å²) in [4.78, 5) is 61.2. The average molecular weight is 1170 g/mol. The fourth-order valence-electron chi connectivity index (χ4n) is 12.9. The van der Waals surface area contributed by atoms with E-state index in [0.717, 1.165) is 37.3 Å². The zero-order valence-corrected chi connectivity index (χ0v) is 54.6. The molecule has 0 bridgehead atoms. The molecule has 2 aliphatic rings. The van der Waals surface area contributed by atoms with Crippen LogP contribution in [0.25, 0.3) is 32.7 Å². The summed E-state index contributed by atoms with van der Waals surface area (Å²) in [6, 6.07) is 23.3. The Balaban J connectivity index is 1.12. The molecule has 6 heteroatoms. The van der Waals surface area contributed by atoms with E-state index in [2.05, 4.69) is 85.4 Å². The van der Waals surface area contributed by atoms with Crippen molar-refractivity contribution in [1.82, 2.24) is 0 Å². The molecule has 0 saturated heterocycles. The standard InChI is InChI=1S/C80H112N2O4/c1-5-9-13-17-21-25-29-33-37-41-57-81(58-42-38-34-30-26-22-18-14-10-6-2)69-53-49-65(50-54-69)45-47-67-61-71-75-72(62-67)78(84)80(86)74-64-68(63-73(76(74)75)79(85)77(71)83)48-46-66-51-55-70(56-52-66)82(59-43-39-35-31-27-23-19-15-11-7-3)60-44-40-36-32-28-24-20-16-12-8-4/h49-56,61-64H,5-44,57-60H2,1-4H3. The number of nitrogens with zero attached hydrogens (tertiary/aromatic N) is 2. The summed E-state index contributed by atoms with van der Waals surface area (Å²) < 4.78 is 0. The molecular weight excluding hydrogens is 1050 g/mol. The lowest BCUT2D eigenvalue weighted by atomic mass is 9.85. The van der Waals surface area contributed by atoms with Crippen molar-refractivity contribution in [3.63, 3.8) is 0 Å². The van der Waals surface area contributed by atoms with Crippen molar-refractivity contribution in [3.8, 4) is 34.8 Å². The van der Waals surface area contributed by atoms with Crippen LogP contribution in [0.4, 0.5) is 11.4 Å². The molecule has 0 amide bonds. The van der Waals surface area contributed by atoms with Gasteiger partial charge < -0.3 is 9.80 Å². The first kappa shape index (κ1) is 69.4. The highest BCUT2D eigenvalue weighted by molar-refractivity contribution is 6.12.